The van der Waals surface area contributed by atoms with E-state index in [9.17, 15) is 4.79 Å². The van der Waals surface area contributed by atoms with Crippen LogP contribution in [0.1, 0.15) is 32.4 Å². The van der Waals surface area contributed by atoms with Crippen LogP contribution in [0.3, 0.4) is 0 Å². The minimum Gasteiger partial charge on any atom is -0.490 e. The van der Waals surface area contributed by atoms with E-state index < -0.39 is 0 Å². The molecule has 0 bridgehead atoms. The fourth-order valence-electron chi connectivity index (χ4n) is 2.47. The fraction of sp³-hybridized carbons (Fsp3) is 0.588. The molecule has 0 radical (unpaired) electrons. The smallest absolute Gasteiger partial charge is 0.240 e. The van der Waals surface area contributed by atoms with Gasteiger partial charge in [0.2, 0.25) is 5.91 Å². The molecule has 1 aromatic rings. The van der Waals surface area contributed by atoms with E-state index in [2.05, 4.69) is 10.6 Å². The lowest BCUT2D eigenvalue weighted by Crippen LogP contribution is -2.51. The van der Waals surface area contributed by atoms with E-state index in [-0.39, 0.29) is 30.4 Å². The van der Waals surface area contributed by atoms with Crippen LogP contribution in [-0.4, -0.2) is 44.9 Å². The molecule has 0 saturated carbocycles. The Bertz CT molecular complexity index is 521. The highest BCUT2D eigenvalue weighted by Gasteiger charge is 2.23. The second-order valence-electron chi connectivity index (χ2n) is 5.38. The average Bonchev–Trinajstić information content (AvgIpc) is 2.57. The van der Waals surface area contributed by atoms with E-state index in [1.807, 2.05) is 39.0 Å². The van der Waals surface area contributed by atoms with E-state index in [1.54, 1.807) is 0 Å². The van der Waals surface area contributed by atoms with E-state index >= 15 is 0 Å². The maximum atomic E-state index is 12.3. The second kappa shape index (κ2) is 10.4. The topological polar surface area (TPSA) is 68.8 Å². The van der Waals surface area contributed by atoms with Crippen molar-refractivity contribution in [2.45, 2.75) is 32.9 Å². The highest BCUT2D eigenvalue weighted by Crippen LogP contribution is 2.30. The Labute approximate surface area is 149 Å². The first kappa shape index (κ1) is 20.5. The number of carbonyl (C=O) groups is 1. The predicted molar refractivity (Wildman–Crippen MR) is 95.2 cm³/mol. The highest BCUT2D eigenvalue weighted by molar-refractivity contribution is 5.85. The van der Waals surface area contributed by atoms with Crippen LogP contribution >= 0.6 is 12.4 Å². The quantitative estimate of drug-likeness (QED) is 0.781. The van der Waals surface area contributed by atoms with Crippen molar-refractivity contribution in [2.24, 2.45) is 0 Å². The number of hydrogen-bond donors (Lipinski definition) is 2. The van der Waals surface area contributed by atoms with Gasteiger partial charge in [-0.25, -0.2) is 0 Å². The van der Waals surface area contributed by atoms with Crippen molar-refractivity contribution in [1.29, 1.82) is 0 Å². The third kappa shape index (κ3) is 5.54. The number of benzene rings is 1. The number of morpholine rings is 1. The number of nitrogens with one attached hydrogen (secondary N) is 2. The van der Waals surface area contributed by atoms with Crippen molar-refractivity contribution in [1.82, 2.24) is 10.6 Å². The predicted octanol–water partition coefficient (Wildman–Crippen LogP) is 2.07. The van der Waals surface area contributed by atoms with Crippen LogP contribution in [0.4, 0.5) is 0 Å². The Balaban J connectivity index is 0.00000288. The van der Waals surface area contributed by atoms with Crippen molar-refractivity contribution in [3.05, 3.63) is 23.8 Å². The third-order valence-electron chi connectivity index (χ3n) is 3.66. The van der Waals surface area contributed by atoms with Gasteiger partial charge in [-0.3, -0.25) is 4.79 Å². The molecule has 2 N–H and O–H groups in total. The molecular formula is C17H27ClN2O4. The lowest BCUT2D eigenvalue weighted by Gasteiger charge is -2.25. The van der Waals surface area contributed by atoms with Gasteiger partial charge in [-0.05, 0) is 38.5 Å². The maximum Gasteiger partial charge on any atom is 0.240 e. The van der Waals surface area contributed by atoms with Crippen LogP contribution in [0.25, 0.3) is 0 Å². The standard InChI is InChI=1S/C17H26N2O4.ClH/c1-4-22-15-7-6-13(10-16(15)23-5-2)12(3)19-17(20)14-11-21-9-8-18-14;/h6-7,10,12,14,18H,4-5,8-9,11H2,1-3H3,(H,19,20);1H. The SMILES string of the molecule is CCOc1ccc(C(C)NC(=O)C2COCCN2)cc1OCC.Cl. The van der Waals surface area contributed by atoms with Gasteiger partial charge in [0, 0.05) is 6.54 Å². The van der Waals surface area contributed by atoms with Crippen LogP contribution in [0.2, 0.25) is 0 Å². The summed E-state index contributed by atoms with van der Waals surface area (Å²) in [6.45, 7) is 8.72. The molecule has 136 valence electrons. The zero-order chi connectivity index (χ0) is 16.7. The maximum absolute atomic E-state index is 12.3. The van der Waals surface area contributed by atoms with Crippen molar-refractivity contribution < 1.29 is 19.0 Å². The van der Waals surface area contributed by atoms with Crippen LogP contribution in [0.15, 0.2) is 18.2 Å². The molecule has 1 aliphatic rings. The van der Waals surface area contributed by atoms with Crippen molar-refractivity contribution >= 4 is 18.3 Å². The van der Waals surface area contributed by atoms with Gasteiger partial charge >= 0.3 is 0 Å². The number of halogens is 1. The Kier molecular flexibility index (Phi) is 8.89. The molecule has 0 aromatic heterocycles. The Hall–Kier alpha value is -1.50. The van der Waals surface area contributed by atoms with Gasteiger partial charge in [-0.15, -0.1) is 12.4 Å². The molecule has 1 saturated heterocycles. The van der Waals surface area contributed by atoms with Crippen molar-refractivity contribution in [3.63, 3.8) is 0 Å². The monoisotopic (exact) mass is 358 g/mol. The number of amides is 1. The molecule has 2 unspecified atom stereocenters. The first-order valence-electron chi connectivity index (χ1n) is 8.16. The molecule has 1 fully saturated rings. The minimum absolute atomic E-state index is 0. The van der Waals surface area contributed by atoms with Crippen LogP contribution < -0.4 is 20.1 Å². The molecule has 7 heteroatoms. The van der Waals surface area contributed by atoms with Gasteiger partial charge in [-0.1, -0.05) is 6.07 Å². The van der Waals surface area contributed by atoms with Gasteiger partial charge < -0.3 is 24.8 Å². The summed E-state index contributed by atoms with van der Waals surface area (Å²) >= 11 is 0. The summed E-state index contributed by atoms with van der Waals surface area (Å²) in [6.07, 6.45) is 0. The largest absolute Gasteiger partial charge is 0.490 e. The average molecular weight is 359 g/mol. The summed E-state index contributed by atoms with van der Waals surface area (Å²) in [5.74, 6) is 1.37. The van der Waals surface area contributed by atoms with Crippen LogP contribution in [-0.2, 0) is 9.53 Å². The Morgan fingerprint density at radius 3 is 2.67 bits per heavy atom. The van der Waals surface area contributed by atoms with E-state index in [0.717, 1.165) is 11.3 Å². The zero-order valence-electron chi connectivity index (χ0n) is 14.5. The molecule has 6 nitrogen and oxygen atoms in total. The third-order valence-corrected chi connectivity index (χ3v) is 3.66. The normalized spacial score (nSPS) is 18.2. The summed E-state index contributed by atoms with van der Waals surface area (Å²) in [5.41, 5.74) is 0.974. The van der Waals surface area contributed by atoms with Gasteiger partial charge in [-0.2, -0.15) is 0 Å². The molecule has 24 heavy (non-hydrogen) atoms. The molecular weight excluding hydrogens is 332 g/mol. The van der Waals surface area contributed by atoms with Gasteiger partial charge in [0.05, 0.1) is 32.5 Å². The van der Waals surface area contributed by atoms with E-state index in [4.69, 9.17) is 14.2 Å². The number of hydrogen-bond acceptors (Lipinski definition) is 5. The number of carbonyl (C=O) groups excluding carboxylic acids is 1. The van der Waals surface area contributed by atoms with Gasteiger partial charge in [0.25, 0.3) is 0 Å². The van der Waals surface area contributed by atoms with Crippen molar-refractivity contribution in [2.75, 3.05) is 33.0 Å². The lowest BCUT2D eigenvalue weighted by molar-refractivity contribution is -0.126. The Morgan fingerprint density at radius 1 is 1.33 bits per heavy atom. The van der Waals surface area contributed by atoms with E-state index in [1.165, 1.54) is 0 Å². The van der Waals surface area contributed by atoms with E-state index in [0.29, 0.717) is 38.7 Å². The van der Waals surface area contributed by atoms with Crippen LogP contribution in [0.5, 0.6) is 11.5 Å². The second-order valence-corrected chi connectivity index (χ2v) is 5.38. The first-order valence-corrected chi connectivity index (χ1v) is 8.16. The molecule has 1 aliphatic heterocycles. The fourth-order valence-corrected chi connectivity index (χ4v) is 2.47. The molecule has 1 amide bonds. The number of rotatable bonds is 7. The molecule has 0 spiro atoms. The summed E-state index contributed by atoms with van der Waals surface area (Å²) in [6, 6.07) is 5.34. The van der Waals surface area contributed by atoms with Crippen LogP contribution in [0, 0.1) is 0 Å². The summed E-state index contributed by atoms with van der Waals surface area (Å²) in [7, 11) is 0. The Morgan fingerprint density at radius 2 is 2.04 bits per heavy atom. The van der Waals surface area contributed by atoms with Gasteiger partial charge in [0.15, 0.2) is 11.5 Å². The summed E-state index contributed by atoms with van der Waals surface area (Å²) in [4.78, 5) is 12.3. The first-order chi connectivity index (χ1) is 11.2. The number of ether oxygens (including phenoxy) is 3. The van der Waals surface area contributed by atoms with Crippen molar-refractivity contribution in [3.8, 4) is 11.5 Å². The molecule has 0 aliphatic carbocycles. The molecule has 2 atom stereocenters. The molecule has 1 heterocycles. The molecule has 2 rings (SSSR count). The lowest BCUT2D eigenvalue weighted by atomic mass is 10.1. The summed E-state index contributed by atoms with van der Waals surface area (Å²) in [5, 5.41) is 6.16. The molecule has 1 aromatic carbocycles. The highest BCUT2D eigenvalue weighted by atomic mass is 35.5. The summed E-state index contributed by atoms with van der Waals surface area (Å²) < 4.78 is 16.5. The van der Waals surface area contributed by atoms with Gasteiger partial charge in [0.1, 0.15) is 6.04 Å². The zero-order valence-corrected chi connectivity index (χ0v) is 15.3. The minimum atomic E-state index is -0.291.